The van der Waals surface area contributed by atoms with Crippen molar-refractivity contribution in [2.75, 3.05) is 26.7 Å². The van der Waals surface area contributed by atoms with Crippen molar-refractivity contribution in [2.24, 2.45) is 5.92 Å². The zero-order valence-electron chi connectivity index (χ0n) is 15.7. The molecule has 1 heterocycles. The topological polar surface area (TPSA) is 57.7 Å². The molecule has 3 rings (SSSR count). The molecule has 2 aliphatic rings. The molecule has 1 aromatic rings. The van der Waals surface area contributed by atoms with Gasteiger partial charge in [-0.2, -0.15) is 4.31 Å². The molecule has 0 atom stereocenters. The fourth-order valence-corrected chi connectivity index (χ4v) is 5.60. The molecular weight excluding hydrogens is 348 g/mol. The Labute approximate surface area is 157 Å². The summed E-state index contributed by atoms with van der Waals surface area (Å²) < 4.78 is 27.2. The van der Waals surface area contributed by atoms with E-state index in [1.54, 1.807) is 33.5 Å². The van der Waals surface area contributed by atoms with Gasteiger partial charge in [-0.25, -0.2) is 8.42 Å². The number of nitrogens with zero attached hydrogens (tertiary/aromatic N) is 2. The molecule has 1 aromatic carbocycles. The van der Waals surface area contributed by atoms with Crippen molar-refractivity contribution in [3.63, 3.8) is 0 Å². The van der Waals surface area contributed by atoms with Crippen LogP contribution in [0, 0.1) is 5.92 Å². The van der Waals surface area contributed by atoms with Gasteiger partial charge in [-0.1, -0.05) is 25.7 Å². The number of rotatable bonds is 5. The molecule has 6 heteroatoms. The van der Waals surface area contributed by atoms with E-state index in [0.717, 1.165) is 32.2 Å². The molecule has 0 aromatic heterocycles. The first kappa shape index (κ1) is 19.4. The average molecular weight is 379 g/mol. The molecule has 26 heavy (non-hydrogen) atoms. The highest BCUT2D eigenvalue weighted by molar-refractivity contribution is 7.89. The second-order valence-corrected chi connectivity index (χ2v) is 9.62. The predicted molar refractivity (Wildman–Crippen MR) is 103 cm³/mol. The Kier molecular flexibility index (Phi) is 6.35. The van der Waals surface area contributed by atoms with Crippen molar-refractivity contribution in [3.05, 3.63) is 29.8 Å². The summed E-state index contributed by atoms with van der Waals surface area (Å²) in [6.07, 6.45) is 8.93. The predicted octanol–water partition coefficient (Wildman–Crippen LogP) is 3.51. The molecule has 0 spiro atoms. The Morgan fingerprint density at radius 3 is 2.15 bits per heavy atom. The van der Waals surface area contributed by atoms with Crippen LogP contribution < -0.4 is 0 Å². The zero-order chi connectivity index (χ0) is 18.6. The number of hydrogen-bond donors (Lipinski definition) is 0. The Bertz CT molecular complexity index is 701. The summed E-state index contributed by atoms with van der Waals surface area (Å²) in [5.74, 6) is 0.572. The Morgan fingerprint density at radius 2 is 1.58 bits per heavy atom. The lowest BCUT2D eigenvalue weighted by atomic mass is 10.1. The summed E-state index contributed by atoms with van der Waals surface area (Å²) in [5.41, 5.74) is 0.556. The van der Waals surface area contributed by atoms with Crippen LogP contribution in [0.15, 0.2) is 29.2 Å². The van der Waals surface area contributed by atoms with Crippen molar-refractivity contribution in [1.82, 2.24) is 9.21 Å². The van der Waals surface area contributed by atoms with Crippen LogP contribution in [0.3, 0.4) is 0 Å². The third-order valence-electron chi connectivity index (χ3n) is 5.66. The van der Waals surface area contributed by atoms with E-state index < -0.39 is 10.0 Å². The van der Waals surface area contributed by atoms with Gasteiger partial charge >= 0.3 is 0 Å². The van der Waals surface area contributed by atoms with E-state index >= 15 is 0 Å². The lowest BCUT2D eigenvalue weighted by molar-refractivity contribution is 0.0773. The van der Waals surface area contributed by atoms with Gasteiger partial charge in [0, 0.05) is 32.2 Å². The summed E-state index contributed by atoms with van der Waals surface area (Å²) in [7, 11) is -1.62. The van der Waals surface area contributed by atoms with Gasteiger partial charge in [0.25, 0.3) is 5.91 Å². The number of amides is 1. The molecule has 144 valence electrons. The SMILES string of the molecule is CN(CC1CCCC1)C(=O)c1ccc(S(=O)(=O)N2CCCCCC2)cc1. The van der Waals surface area contributed by atoms with Gasteiger partial charge in [0.15, 0.2) is 0 Å². The van der Waals surface area contributed by atoms with Gasteiger partial charge in [0.2, 0.25) is 10.0 Å². The monoisotopic (exact) mass is 378 g/mol. The van der Waals surface area contributed by atoms with Crippen LogP contribution in [-0.2, 0) is 10.0 Å². The highest BCUT2D eigenvalue weighted by Crippen LogP contribution is 2.26. The fourth-order valence-electron chi connectivity index (χ4n) is 4.08. The molecule has 1 amide bonds. The van der Waals surface area contributed by atoms with Crippen molar-refractivity contribution in [1.29, 1.82) is 0 Å². The number of sulfonamides is 1. The van der Waals surface area contributed by atoms with Crippen LogP contribution in [-0.4, -0.2) is 50.2 Å². The van der Waals surface area contributed by atoms with E-state index in [1.807, 2.05) is 7.05 Å². The maximum Gasteiger partial charge on any atom is 0.253 e. The Hall–Kier alpha value is -1.40. The highest BCUT2D eigenvalue weighted by Gasteiger charge is 2.26. The van der Waals surface area contributed by atoms with Crippen LogP contribution >= 0.6 is 0 Å². The summed E-state index contributed by atoms with van der Waals surface area (Å²) >= 11 is 0. The maximum absolute atomic E-state index is 12.8. The van der Waals surface area contributed by atoms with Crippen LogP contribution in [0.1, 0.15) is 61.7 Å². The van der Waals surface area contributed by atoms with Crippen LogP contribution in [0.5, 0.6) is 0 Å². The number of carbonyl (C=O) groups is 1. The normalized spacial score (nSPS) is 20.0. The highest BCUT2D eigenvalue weighted by atomic mass is 32.2. The second-order valence-electron chi connectivity index (χ2n) is 7.68. The quantitative estimate of drug-likeness (QED) is 0.788. The fraction of sp³-hybridized carbons (Fsp3) is 0.650. The van der Waals surface area contributed by atoms with Gasteiger partial charge in [0.1, 0.15) is 0 Å². The summed E-state index contributed by atoms with van der Waals surface area (Å²) in [6, 6.07) is 6.46. The van der Waals surface area contributed by atoms with E-state index in [9.17, 15) is 13.2 Å². The van der Waals surface area contributed by atoms with Gasteiger partial charge < -0.3 is 4.90 Å². The standard InChI is InChI=1S/C20H30N2O3S/c1-21(16-17-8-4-5-9-17)20(23)18-10-12-19(13-11-18)26(24,25)22-14-6-2-3-7-15-22/h10-13,17H,2-9,14-16H2,1H3. The van der Waals surface area contributed by atoms with Crippen LogP contribution in [0.25, 0.3) is 0 Å². The van der Waals surface area contributed by atoms with E-state index in [4.69, 9.17) is 0 Å². The van der Waals surface area contributed by atoms with Crippen LogP contribution in [0.2, 0.25) is 0 Å². The molecule has 2 fully saturated rings. The lowest BCUT2D eigenvalue weighted by Crippen LogP contribution is -2.32. The molecule has 1 aliphatic heterocycles. The number of hydrogen-bond acceptors (Lipinski definition) is 3. The summed E-state index contributed by atoms with van der Waals surface area (Å²) in [5, 5.41) is 0. The smallest absolute Gasteiger partial charge is 0.253 e. The van der Waals surface area contributed by atoms with Crippen molar-refractivity contribution >= 4 is 15.9 Å². The van der Waals surface area contributed by atoms with E-state index in [0.29, 0.717) is 24.6 Å². The molecule has 1 saturated heterocycles. The summed E-state index contributed by atoms with van der Waals surface area (Å²) in [4.78, 5) is 14.7. The first-order valence-corrected chi connectivity index (χ1v) is 11.3. The Morgan fingerprint density at radius 1 is 1.00 bits per heavy atom. The van der Waals surface area contributed by atoms with E-state index in [2.05, 4.69) is 0 Å². The van der Waals surface area contributed by atoms with E-state index in [1.165, 1.54) is 25.7 Å². The van der Waals surface area contributed by atoms with Gasteiger partial charge in [-0.15, -0.1) is 0 Å². The molecule has 0 N–H and O–H groups in total. The number of carbonyl (C=O) groups excluding carboxylic acids is 1. The molecular formula is C20H30N2O3S. The van der Waals surface area contributed by atoms with Crippen LogP contribution in [0.4, 0.5) is 0 Å². The third kappa shape index (κ3) is 4.46. The largest absolute Gasteiger partial charge is 0.341 e. The minimum absolute atomic E-state index is 0.0318. The van der Waals surface area contributed by atoms with Gasteiger partial charge in [0.05, 0.1) is 4.90 Å². The van der Waals surface area contributed by atoms with E-state index in [-0.39, 0.29) is 10.8 Å². The summed E-state index contributed by atoms with van der Waals surface area (Å²) in [6.45, 7) is 1.97. The molecule has 0 unspecified atom stereocenters. The minimum atomic E-state index is -3.46. The van der Waals surface area contributed by atoms with Gasteiger partial charge in [-0.05, 0) is 55.9 Å². The maximum atomic E-state index is 12.8. The molecule has 5 nitrogen and oxygen atoms in total. The molecule has 0 radical (unpaired) electrons. The first-order valence-electron chi connectivity index (χ1n) is 9.84. The molecule has 1 aliphatic carbocycles. The number of benzene rings is 1. The third-order valence-corrected chi connectivity index (χ3v) is 7.57. The van der Waals surface area contributed by atoms with Crippen molar-refractivity contribution in [2.45, 2.75) is 56.3 Å². The first-order chi connectivity index (χ1) is 12.5. The molecule has 0 bridgehead atoms. The second kappa shape index (κ2) is 8.53. The minimum Gasteiger partial charge on any atom is -0.341 e. The van der Waals surface area contributed by atoms with Crippen molar-refractivity contribution < 1.29 is 13.2 Å². The average Bonchev–Trinajstić information content (AvgIpc) is 2.99. The molecule has 1 saturated carbocycles. The van der Waals surface area contributed by atoms with Gasteiger partial charge in [-0.3, -0.25) is 4.79 Å². The lowest BCUT2D eigenvalue weighted by Gasteiger charge is -2.22. The zero-order valence-corrected chi connectivity index (χ0v) is 16.5. The Balaban J connectivity index is 1.67. The van der Waals surface area contributed by atoms with Crippen molar-refractivity contribution in [3.8, 4) is 0 Å².